The summed E-state index contributed by atoms with van der Waals surface area (Å²) >= 11 is 0. The van der Waals surface area contributed by atoms with Gasteiger partial charge in [0.2, 0.25) is 11.8 Å². The second-order valence-electron chi connectivity index (χ2n) is 10.2. The van der Waals surface area contributed by atoms with Crippen molar-refractivity contribution in [1.82, 2.24) is 10.2 Å². The molecule has 1 aromatic carbocycles. The van der Waals surface area contributed by atoms with Crippen LogP contribution in [0.25, 0.3) is 0 Å². The summed E-state index contributed by atoms with van der Waals surface area (Å²) < 4.78 is 0. The van der Waals surface area contributed by atoms with Crippen molar-refractivity contribution in [3.63, 3.8) is 0 Å². The minimum Gasteiger partial charge on any atom is -0.507 e. The molecule has 2 N–H and O–H groups in total. The summed E-state index contributed by atoms with van der Waals surface area (Å²) in [6, 6.07) is 4.05. The van der Waals surface area contributed by atoms with E-state index in [1.54, 1.807) is 0 Å². The summed E-state index contributed by atoms with van der Waals surface area (Å²) in [5.74, 6) is 0.450. The van der Waals surface area contributed by atoms with Crippen molar-refractivity contribution in [3.05, 3.63) is 28.8 Å². The highest BCUT2D eigenvalue weighted by Gasteiger charge is 2.26. The van der Waals surface area contributed by atoms with Crippen LogP contribution >= 0.6 is 0 Å². The van der Waals surface area contributed by atoms with E-state index in [9.17, 15) is 14.7 Å². The number of aryl methyl sites for hydroxylation is 1. The molecule has 0 spiro atoms. The number of carbonyl (C=O) groups is 2. The average Bonchev–Trinajstić information content (AvgIpc) is 3.13. The second kappa shape index (κ2) is 9.19. The van der Waals surface area contributed by atoms with Crippen LogP contribution in [-0.2, 0) is 26.8 Å². The molecule has 1 aliphatic heterocycles. The topological polar surface area (TPSA) is 69.6 Å². The third kappa shape index (κ3) is 6.48. The highest BCUT2D eigenvalue weighted by Crippen LogP contribution is 2.39. The number of carbonyl (C=O) groups excluding carboxylic acids is 2. The number of aromatic hydroxyl groups is 1. The standard InChI is InChI=1S/C24H38N2O3/c1-23(2,3)18-15-17(16-19(22(18)29)24(4,5)6)9-10-20(27)25-12-11-21(28)26-13-7-8-14-26/h15-16,29H,7-14H2,1-6H3,(H,25,27). The van der Waals surface area contributed by atoms with Crippen molar-refractivity contribution < 1.29 is 14.7 Å². The smallest absolute Gasteiger partial charge is 0.224 e. The molecule has 0 bridgehead atoms. The van der Waals surface area contributed by atoms with Crippen LogP contribution in [0.4, 0.5) is 0 Å². The first kappa shape index (κ1) is 23.2. The Kier molecular flexibility index (Phi) is 7.36. The number of hydrogen-bond donors (Lipinski definition) is 2. The number of hydrogen-bond acceptors (Lipinski definition) is 3. The quantitative estimate of drug-likeness (QED) is 0.754. The zero-order chi connectivity index (χ0) is 21.8. The predicted octanol–water partition coefficient (Wildman–Crippen LogP) is 4.05. The summed E-state index contributed by atoms with van der Waals surface area (Å²) in [4.78, 5) is 26.2. The Morgan fingerprint density at radius 1 is 0.966 bits per heavy atom. The molecule has 29 heavy (non-hydrogen) atoms. The number of nitrogens with zero attached hydrogens (tertiary/aromatic N) is 1. The van der Waals surface area contributed by atoms with Crippen molar-refractivity contribution >= 4 is 11.8 Å². The number of nitrogens with one attached hydrogen (secondary N) is 1. The molecule has 0 aromatic heterocycles. The average molecular weight is 403 g/mol. The Morgan fingerprint density at radius 3 is 1.97 bits per heavy atom. The molecular formula is C24H38N2O3. The highest BCUT2D eigenvalue weighted by molar-refractivity contribution is 5.79. The van der Waals surface area contributed by atoms with Crippen LogP contribution in [0.3, 0.4) is 0 Å². The molecule has 1 aromatic rings. The predicted molar refractivity (Wildman–Crippen MR) is 117 cm³/mol. The normalized spacial score (nSPS) is 14.9. The Balaban J connectivity index is 1.96. The molecule has 5 heteroatoms. The molecule has 1 heterocycles. The van der Waals surface area contributed by atoms with E-state index in [0.717, 1.165) is 42.6 Å². The summed E-state index contributed by atoms with van der Waals surface area (Å²) in [6.45, 7) is 14.6. The minimum atomic E-state index is -0.182. The van der Waals surface area contributed by atoms with E-state index in [0.29, 0.717) is 31.6 Å². The Morgan fingerprint density at radius 2 is 1.48 bits per heavy atom. The van der Waals surface area contributed by atoms with Crippen LogP contribution < -0.4 is 5.32 Å². The van der Waals surface area contributed by atoms with Crippen LogP contribution in [-0.4, -0.2) is 41.5 Å². The van der Waals surface area contributed by atoms with Crippen molar-refractivity contribution in [2.75, 3.05) is 19.6 Å². The van der Waals surface area contributed by atoms with Crippen LogP contribution in [0.1, 0.15) is 83.9 Å². The largest absolute Gasteiger partial charge is 0.507 e. The lowest BCUT2D eigenvalue weighted by atomic mass is 9.78. The van der Waals surface area contributed by atoms with Crippen LogP contribution in [0.15, 0.2) is 12.1 Å². The monoisotopic (exact) mass is 402 g/mol. The zero-order valence-corrected chi connectivity index (χ0v) is 19.0. The van der Waals surface area contributed by atoms with E-state index in [1.807, 2.05) is 17.0 Å². The van der Waals surface area contributed by atoms with Gasteiger partial charge in [-0.25, -0.2) is 0 Å². The van der Waals surface area contributed by atoms with Crippen LogP contribution in [0.5, 0.6) is 5.75 Å². The van der Waals surface area contributed by atoms with Gasteiger partial charge < -0.3 is 15.3 Å². The third-order valence-electron chi connectivity index (χ3n) is 5.55. The molecule has 1 saturated heterocycles. The maximum Gasteiger partial charge on any atom is 0.224 e. The van der Waals surface area contributed by atoms with Gasteiger partial charge in [0.25, 0.3) is 0 Å². The maximum absolute atomic E-state index is 12.3. The van der Waals surface area contributed by atoms with Gasteiger partial charge in [0.15, 0.2) is 0 Å². The number of rotatable bonds is 6. The molecule has 5 nitrogen and oxygen atoms in total. The van der Waals surface area contributed by atoms with E-state index in [1.165, 1.54) is 0 Å². The minimum absolute atomic E-state index is 0.0399. The fraction of sp³-hybridized carbons (Fsp3) is 0.667. The van der Waals surface area contributed by atoms with Gasteiger partial charge in [-0.15, -0.1) is 0 Å². The van der Waals surface area contributed by atoms with E-state index in [2.05, 4.69) is 46.9 Å². The molecule has 0 saturated carbocycles. The van der Waals surface area contributed by atoms with Crippen LogP contribution in [0, 0.1) is 0 Å². The third-order valence-corrected chi connectivity index (χ3v) is 5.55. The zero-order valence-electron chi connectivity index (χ0n) is 19.0. The lowest BCUT2D eigenvalue weighted by Gasteiger charge is -2.28. The fourth-order valence-electron chi connectivity index (χ4n) is 3.76. The number of benzene rings is 1. The van der Waals surface area contributed by atoms with Crippen molar-refractivity contribution in [2.45, 2.75) is 84.5 Å². The Bertz CT molecular complexity index is 700. The van der Waals surface area contributed by atoms with Gasteiger partial charge in [-0.2, -0.15) is 0 Å². The van der Waals surface area contributed by atoms with Gasteiger partial charge in [0.1, 0.15) is 5.75 Å². The molecule has 162 valence electrons. The van der Waals surface area contributed by atoms with Gasteiger partial charge in [0, 0.05) is 32.5 Å². The summed E-state index contributed by atoms with van der Waals surface area (Å²) in [6.07, 6.45) is 3.51. The molecular weight excluding hydrogens is 364 g/mol. The first-order chi connectivity index (χ1) is 13.4. The number of phenols is 1. The van der Waals surface area contributed by atoms with E-state index >= 15 is 0 Å². The van der Waals surface area contributed by atoms with Crippen molar-refractivity contribution in [2.24, 2.45) is 0 Å². The van der Waals surface area contributed by atoms with E-state index in [4.69, 9.17) is 0 Å². The van der Waals surface area contributed by atoms with Crippen molar-refractivity contribution in [3.8, 4) is 5.75 Å². The first-order valence-electron chi connectivity index (χ1n) is 10.8. The molecule has 0 unspecified atom stereocenters. The van der Waals surface area contributed by atoms with Gasteiger partial charge in [0.05, 0.1) is 0 Å². The lowest BCUT2D eigenvalue weighted by Crippen LogP contribution is -2.32. The lowest BCUT2D eigenvalue weighted by molar-refractivity contribution is -0.130. The highest BCUT2D eigenvalue weighted by atomic mass is 16.3. The SMILES string of the molecule is CC(C)(C)c1cc(CCC(=O)NCCC(=O)N2CCCC2)cc(C(C)(C)C)c1O. The first-order valence-corrected chi connectivity index (χ1v) is 10.8. The molecule has 1 fully saturated rings. The van der Waals surface area contributed by atoms with E-state index in [-0.39, 0.29) is 22.6 Å². The van der Waals surface area contributed by atoms with Gasteiger partial charge in [-0.05, 0) is 46.8 Å². The summed E-state index contributed by atoms with van der Waals surface area (Å²) in [5.41, 5.74) is 2.52. The summed E-state index contributed by atoms with van der Waals surface area (Å²) in [7, 11) is 0. The Labute approximate surface area is 175 Å². The second-order valence-corrected chi connectivity index (χ2v) is 10.2. The molecule has 2 rings (SSSR count). The number of likely N-dealkylation sites (tertiary alicyclic amines) is 1. The molecule has 1 aliphatic rings. The van der Waals surface area contributed by atoms with Gasteiger partial charge >= 0.3 is 0 Å². The number of phenolic OH excluding ortho intramolecular Hbond substituents is 1. The molecule has 2 amide bonds. The Hall–Kier alpha value is -2.04. The van der Waals surface area contributed by atoms with Gasteiger partial charge in [-0.3, -0.25) is 9.59 Å². The van der Waals surface area contributed by atoms with Gasteiger partial charge in [-0.1, -0.05) is 53.7 Å². The molecule has 0 radical (unpaired) electrons. The summed E-state index contributed by atoms with van der Waals surface area (Å²) in [5, 5.41) is 13.7. The van der Waals surface area contributed by atoms with E-state index < -0.39 is 0 Å². The number of amides is 2. The van der Waals surface area contributed by atoms with Crippen LogP contribution in [0.2, 0.25) is 0 Å². The fourth-order valence-corrected chi connectivity index (χ4v) is 3.76. The molecule has 0 atom stereocenters. The van der Waals surface area contributed by atoms with Crippen molar-refractivity contribution in [1.29, 1.82) is 0 Å². The molecule has 0 aliphatic carbocycles. The maximum atomic E-state index is 12.3.